The third-order valence-electron chi connectivity index (χ3n) is 18.8. The van der Waals surface area contributed by atoms with Crippen LogP contribution in [0.4, 0.5) is 9.59 Å². The number of hydrogen-bond acceptors (Lipinski definition) is 13. The number of fused-ring (bicyclic) bond motifs is 5. The summed E-state index contributed by atoms with van der Waals surface area (Å²) in [4.78, 5) is 76.4. The van der Waals surface area contributed by atoms with Crippen LogP contribution in [0.15, 0.2) is 23.3 Å². The van der Waals surface area contributed by atoms with Gasteiger partial charge in [-0.15, -0.1) is 0 Å². The molecule has 3 unspecified atom stereocenters. The molecule has 0 aromatic heterocycles. The lowest BCUT2D eigenvalue weighted by Gasteiger charge is -2.65. The second kappa shape index (κ2) is 20.1. The number of esters is 1. The number of amides is 5. The number of urea groups is 1. The van der Waals surface area contributed by atoms with E-state index in [0.717, 1.165) is 62.7 Å². The van der Waals surface area contributed by atoms with E-state index in [1.54, 1.807) is 19.9 Å². The first kappa shape index (κ1) is 51.6. The average Bonchev–Trinajstić information content (AvgIpc) is 3.63. The Morgan fingerprint density at radius 1 is 0.899 bits per heavy atom. The van der Waals surface area contributed by atoms with Crippen molar-refractivity contribution in [3.05, 3.63) is 23.3 Å². The largest absolute Gasteiger partial charge is 0.455 e. The van der Waals surface area contributed by atoms with Gasteiger partial charge < -0.3 is 56.1 Å². The van der Waals surface area contributed by atoms with Gasteiger partial charge in [0.2, 0.25) is 11.8 Å². The zero-order valence-electron chi connectivity index (χ0n) is 41.3. The van der Waals surface area contributed by atoms with Crippen LogP contribution in [0, 0.1) is 28.1 Å². The molecule has 0 bridgehead atoms. The van der Waals surface area contributed by atoms with Crippen LogP contribution in [0.25, 0.3) is 0 Å². The van der Waals surface area contributed by atoms with Crippen LogP contribution in [0.3, 0.4) is 0 Å². The van der Waals surface area contributed by atoms with E-state index in [2.05, 4.69) is 26.6 Å². The normalized spacial score (nSPS) is 39.1. The summed E-state index contributed by atoms with van der Waals surface area (Å²) in [6, 6.07) is 0.338. The number of ketones is 1. The van der Waals surface area contributed by atoms with Crippen molar-refractivity contribution in [2.24, 2.45) is 28.1 Å². The summed E-state index contributed by atoms with van der Waals surface area (Å²) in [6.45, 7) is 10.2. The number of epoxide rings is 1. The fourth-order valence-electron chi connectivity index (χ4n) is 14.4. The number of carbonyl (C=O) groups excluding carboxylic acids is 6. The summed E-state index contributed by atoms with van der Waals surface area (Å²) in [6.07, 6.45) is 10.8. The summed E-state index contributed by atoms with van der Waals surface area (Å²) in [5.74, 6) is -0.164. The Hall–Kier alpha value is -3.71. The van der Waals surface area contributed by atoms with E-state index in [0.29, 0.717) is 75.4 Å². The molecule has 8 aliphatic rings. The van der Waals surface area contributed by atoms with Crippen molar-refractivity contribution in [1.29, 1.82) is 0 Å². The molecule has 18 heteroatoms. The van der Waals surface area contributed by atoms with Crippen molar-refractivity contribution < 1.29 is 58.3 Å². The number of aliphatic hydroxyl groups is 3. The van der Waals surface area contributed by atoms with Crippen LogP contribution in [0.5, 0.6) is 0 Å². The molecule has 0 aromatic carbocycles. The Labute approximate surface area is 410 Å². The van der Waals surface area contributed by atoms with Gasteiger partial charge >= 0.3 is 18.1 Å². The third-order valence-corrected chi connectivity index (χ3v) is 20.3. The van der Waals surface area contributed by atoms with Gasteiger partial charge in [0.1, 0.15) is 22.9 Å². The first-order valence-electron chi connectivity index (χ1n) is 25.8. The van der Waals surface area contributed by atoms with Crippen molar-refractivity contribution in [1.82, 2.24) is 26.6 Å². The summed E-state index contributed by atoms with van der Waals surface area (Å²) in [5.41, 5.74) is -6.30. The van der Waals surface area contributed by atoms with E-state index < -0.39 is 63.4 Å². The van der Waals surface area contributed by atoms with Crippen LogP contribution >= 0.6 is 11.8 Å². The molecule has 3 saturated heterocycles. The molecule has 6 fully saturated rings. The number of unbranched alkanes of at least 4 members (excludes halogenated alkanes) is 5. The average molecular weight is 984 g/mol. The van der Waals surface area contributed by atoms with E-state index in [9.17, 15) is 44.1 Å². The zero-order chi connectivity index (χ0) is 49.6. The quantitative estimate of drug-likeness (QED) is 0.0344. The first-order chi connectivity index (χ1) is 32.8. The first-order valence-corrected chi connectivity index (χ1v) is 26.8. The number of rotatable bonds is 21. The molecule has 8 rings (SSSR count). The van der Waals surface area contributed by atoms with Crippen molar-refractivity contribution in [2.75, 3.05) is 32.0 Å². The van der Waals surface area contributed by atoms with E-state index >= 15 is 0 Å². The number of ether oxygens (including phenoxy) is 3. The molecule has 0 radical (unpaired) electrons. The maximum atomic E-state index is 14.2. The Balaban J connectivity index is 0.721. The summed E-state index contributed by atoms with van der Waals surface area (Å²) in [7, 11) is 0. The third kappa shape index (κ3) is 8.91. The predicted molar refractivity (Wildman–Crippen MR) is 257 cm³/mol. The number of aliphatic hydroxyl groups excluding tert-OH is 1. The van der Waals surface area contributed by atoms with Gasteiger partial charge in [0.25, 0.3) is 0 Å². The maximum Gasteiger partial charge on any atom is 0.407 e. The number of allylic oxidation sites excluding steroid dienone is 1. The lowest BCUT2D eigenvalue weighted by molar-refractivity contribution is -0.273. The Morgan fingerprint density at radius 2 is 1.57 bits per heavy atom. The monoisotopic (exact) mass is 984 g/mol. The topological polar surface area (TPSA) is 254 Å². The fourth-order valence-corrected chi connectivity index (χ4v) is 15.9. The van der Waals surface area contributed by atoms with Crippen molar-refractivity contribution in [3.63, 3.8) is 0 Å². The molecule has 17 nitrogen and oxygen atoms in total. The van der Waals surface area contributed by atoms with Gasteiger partial charge in [-0.3, -0.25) is 14.4 Å². The van der Waals surface area contributed by atoms with Crippen LogP contribution in [0.1, 0.15) is 144 Å². The fraction of sp³-hybridized carbons (Fsp3) is 0.804. The second-order valence-electron chi connectivity index (χ2n) is 22.2. The number of alkyl carbamates (subject to hydrolysis) is 1. The molecular formula is C51H77N5O12S. The minimum Gasteiger partial charge on any atom is -0.455 e. The van der Waals surface area contributed by atoms with Crippen LogP contribution < -0.4 is 26.6 Å². The van der Waals surface area contributed by atoms with Gasteiger partial charge in [-0.25, -0.2) is 14.4 Å². The van der Waals surface area contributed by atoms with Gasteiger partial charge in [0.05, 0.1) is 23.6 Å². The van der Waals surface area contributed by atoms with Crippen molar-refractivity contribution in [2.45, 2.75) is 196 Å². The molecule has 4 aliphatic carbocycles. The number of cyclic esters (lactones) is 1. The highest BCUT2D eigenvalue weighted by Crippen LogP contribution is 2.78. The molecular weight excluding hydrogens is 907 g/mol. The number of nitrogens with one attached hydrogen (secondary N) is 5. The molecule has 69 heavy (non-hydrogen) atoms. The highest BCUT2D eigenvalue weighted by molar-refractivity contribution is 8.00. The molecule has 3 saturated carbocycles. The van der Waals surface area contributed by atoms with Gasteiger partial charge in [0.15, 0.2) is 11.9 Å². The van der Waals surface area contributed by atoms with Crippen LogP contribution in [-0.4, -0.2) is 135 Å². The van der Waals surface area contributed by atoms with Gasteiger partial charge in [-0.2, -0.15) is 11.8 Å². The van der Waals surface area contributed by atoms with Gasteiger partial charge in [-0.05, 0) is 129 Å². The molecule has 0 aromatic rings. The number of hydrogen-bond donors (Lipinski definition) is 8. The number of thioether (sulfide) groups is 1. The highest BCUT2D eigenvalue weighted by atomic mass is 32.2. The summed E-state index contributed by atoms with van der Waals surface area (Å²) in [5, 5.41) is 51.8. The summed E-state index contributed by atoms with van der Waals surface area (Å²) < 4.78 is 18.3. The molecule has 8 N–H and O–H groups in total. The Morgan fingerprint density at radius 3 is 2.25 bits per heavy atom. The molecule has 5 amide bonds. The minimum atomic E-state index is -1.84. The predicted octanol–water partition coefficient (Wildman–Crippen LogP) is 4.40. The van der Waals surface area contributed by atoms with Crippen molar-refractivity contribution >= 4 is 47.5 Å². The molecule has 1 spiro atoms. The maximum absolute atomic E-state index is 14.2. The van der Waals surface area contributed by atoms with E-state index in [-0.39, 0.29) is 67.0 Å². The van der Waals surface area contributed by atoms with E-state index in [1.807, 2.05) is 32.5 Å². The minimum absolute atomic E-state index is 0.00128. The van der Waals surface area contributed by atoms with Crippen LogP contribution in [-0.2, 0) is 33.4 Å². The highest BCUT2D eigenvalue weighted by Gasteiger charge is 2.85. The van der Waals surface area contributed by atoms with E-state index in [1.165, 1.54) is 6.08 Å². The molecule has 384 valence electrons. The smallest absolute Gasteiger partial charge is 0.407 e. The Kier molecular flexibility index (Phi) is 15.0. The standard InChI is InChI=1S/C51H77N5O12S/c1-30-26-38(66-43(61)31(30)2)48(5,64)50(65)22-21-49(29-57)33-27-39-51(68-39)37(18-17-36(58)47(51,4)32(33)19-20-46(49,50)3)67-45(63)54-25-13-7-12-24-53-40(59)15-8-6-11-23-52-41(60)16-10-9-14-35-42-34(28-69-35)55-44(62)56-42/h17-18,32-35,37-39,42,57,64-65H,6-16,19-29H2,1-5H3,(H,52,60)(H,53,59)(H,54,63)(H2,55,56,62)/t32-,33+,34?,35?,37-,38+,39+,42?,46-,47-,48-,49+,50-,51+/m0/s1. The van der Waals surface area contributed by atoms with Crippen molar-refractivity contribution in [3.8, 4) is 0 Å². The second-order valence-corrected chi connectivity index (χ2v) is 23.4. The van der Waals surface area contributed by atoms with Gasteiger partial charge in [-0.1, -0.05) is 25.3 Å². The van der Waals surface area contributed by atoms with E-state index in [4.69, 9.17) is 14.2 Å². The number of carbonyl (C=O) groups is 6. The molecule has 4 aliphatic heterocycles. The SMILES string of the molecule is CC1=C(C)C(=O)O[C@@H]([C@](C)(O)[C@]2(O)CC[C@@]3(CO)[C@@H]4C[C@H]5O[C@]56[C@@H](OC(=O)NCCCCCNC(=O)CCCCCNC(=O)CCCCC5SCC7NC(=O)NC75)C=CC(=O)[C@]6(C)[C@H]4CC[C@@]32C)C1. The van der Waals surface area contributed by atoms with Crippen LogP contribution in [0.2, 0.25) is 0 Å². The zero-order valence-corrected chi connectivity index (χ0v) is 42.1. The lowest BCUT2D eigenvalue weighted by Crippen LogP contribution is -2.72. The Bertz CT molecular complexity index is 2090. The summed E-state index contributed by atoms with van der Waals surface area (Å²) >= 11 is 1.89. The molecule has 14 atom stereocenters. The van der Waals surface area contributed by atoms with Gasteiger partial charge in [0, 0.05) is 72.9 Å². The molecule has 4 heterocycles. The lowest BCUT2D eigenvalue weighted by atomic mass is 9.39.